The van der Waals surface area contributed by atoms with Gasteiger partial charge in [0.2, 0.25) is 0 Å². The molecular weight excluding hydrogens is 310 g/mol. The van der Waals surface area contributed by atoms with Gasteiger partial charge in [-0.15, -0.1) is 0 Å². The van der Waals surface area contributed by atoms with Crippen LogP contribution in [0.15, 0.2) is 42.7 Å². The molecule has 0 saturated carbocycles. The van der Waals surface area contributed by atoms with E-state index in [4.69, 9.17) is 9.84 Å². The molecular formula is C17H13N3O4. The summed E-state index contributed by atoms with van der Waals surface area (Å²) >= 11 is 0. The first-order chi connectivity index (χ1) is 11.6. The molecule has 1 aliphatic rings. The van der Waals surface area contributed by atoms with Crippen LogP contribution in [0.4, 0.5) is 0 Å². The smallest absolute Gasteiger partial charge is 0.354 e. The first kappa shape index (κ1) is 14.3. The van der Waals surface area contributed by atoms with Crippen molar-refractivity contribution in [2.45, 2.75) is 0 Å². The lowest BCUT2D eigenvalue weighted by Crippen LogP contribution is -2.24. The molecule has 1 amide bonds. The lowest BCUT2D eigenvalue weighted by Gasteiger charge is -2.09. The molecule has 0 radical (unpaired) electrons. The van der Waals surface area contributed by atoms with Gasteiger partial charge in [0.15, 0.2) is 5.69 Å². The Labute approximate surface area is 136 Å². The number of pyridine rings is 1. The molecule has 3 heterocycles. The van der Waals surface area contributed by atoms with Gasteiger partial charge in [0.25, 0.3) is 5.91 Å². The highest BCUT2D eigenvalue weighted by atomic mass is 16.5. The summed E-state index contributed by atoms with van der Waals surface area (Å²) in [6.45, 7) is 0.914. The van der Waals surface area contributed by atoms with E-state index in [1.54, 1.807) is 30.5 Å². The lowest BCUT2D eigenvalue weighted by atomic mass is 10.0. The van der Waals surface area contributed by atoms with Crippen LogP contribution in [0.3, 0.4) is 0 Å². The minimum Gasteiger partial charge on any atom is -0.491 e. The Hall–Kier alpha value is -3.35. The number of nitrogens with one attached hydrogen (secondary N) is 1. The second kappa shape index (κ2) is 5.38. The Bertz CT molecular complexity index is 977. The van der Waals surface area contributed by atoms with Gasteiger partial charge in [-0.2, -0.15) is 0 Å². The summed E-state index contributed by atoms with van der Waals surface area (Å²) in [5, 5.41) is 11.9. The highest BCUT2D eigenvalue weighted by Gasteiger charge is 2.17. The largest absolute Gasteiger partial charge is 0.491 e. The van der Waals surface area contributed by atoms with Crippen molar-refractivity contribution in [3.63, 3.8) is 0 Å². The van der Waals surface area contributed by atoms with Crippen molar-refractivity contribution < 1.29 is 19.4 Å². The second-order valence-electron chi connectivity index (χ2n) is 5.41. The summed E-state index contributed by atoms with van der Waals surface area (Å²) < 4.78 is 7.05. The van der Waals surface area contributed by atoms with Crippen molar-refractivity contribution in [1.29, 1.82) is 0 Å². The second-order valence-corrected chi connectivity index (χ2v) is 5.41. The van der Waals surface area contributed by atoms with Crippen LogP contribution in [-0.2, 0) is 0 Å². The minimum absolute atomic E-state index is 0.103. The zero-order valence-corrected chi connectivity index (χ0v) is 12.5. The number of nitrogens with zero attached hydrogens (tertiary/aromatic N) is 2. The number of carbonyl (C=O) groups is 2. The average molecular weight is 323 g/mol. The van der Waals surface area contributed by atoms with Crippen molar-refractivity contribution in [3.05, 3.63) is 54.0 Å². The summed E-state index contributed by atoms with van der Waals surface area (Å²) in [4.78, 5) is 27.4. The Morgan fingerprint density at radius 1 is 1.25 bits per heavy atom. The standard InChI is InChI=1S/C17H13N3O4/c21-16-12-7-10(1-2-14(12)24-6-4-18-16)11-3-5-20-13(17(22)23)9-19-15(20)8-11/h1-3,5,7-9H,4,6H2,(H,18,21)(H,22,23). The zero-order valence-electron chi connectivity index (χ0n) is 12.5. The summed E-state index contributed by atoms with van der Waals surface area (Å²) in [6.07, 6.45) is 2.98. The molecule has 4 rings (SSSR count). The monoisotopic (exact) mass is 323 g/mol. The number of hydrogen-bond donors (Lipinski definition) is 2. The third kappa shape index (κ3) is 2.26. The summed E-state index contributed by atoms with van der Waals surface area (Å²) in [7, 11) is 0. The molecule has 0 aliphatic carbocycles. The fourth-order valence-corrected chi connectivity index (χ4v) is 2.75. The van der Waals surface area contributed by atoms with Gasteiger partial charge in [-0.3, -0.25) is 9.20 Å². The predicted octanol–water partition coefficient (Wildman–Crippen LogP) is 1.82. The number of hydrogen-bond acceptors (Lipinski definition) is 4. The summed E-state index contributed by atoms with van der Waals surface area (Å²) in [5.74, 6) is -0.641. The maximum absolute atomic E-state index is 12.1. The molecule has 1 aromatic carbocycles. The molecule has 3 aromatic rings. The first-order valence-electron chi connectivity index (χ1n) is 7.39. The van der Waals surface area contributed by atoms with Crippen LogP contribution in [0, 0.1) is 0 Å². The van der Waals surface area contributed by atoms with E-state index in [0.29, 0.717) is 30.1 Å². The number of imidazole rings is 1. The quantitative estimate of drug-likeness (QED) is 0.750. The van der Waals surface area contributed by atoms with Gasteiger partial charge in [0.05, 0.1) is 18.3 Å². The predicted molar refractivity (Wildman–Crippen MR) is 85.4 cm³/mol. The number of fused-ring (bicyclic) bond motifs is 2. The summed E-state index contributed by atoms with van der Waals surface area (Å²) in [6, 6.07) is 8.98. The first-order valence-corrected chi connectivity index (χ1v) is 7.39. The Morgan fingerprint density at radius 2 is 2.08 bits per heavy atom. The van der Waals surface area contributed by atoms with Crippen LogP contribution in [0.25, 0.3) is 16.8 Å². The van der Waals surface area contributed by atoms with Gasteiger partial charge in [0, 0.05) is 6.20 Å². The maximum atomic E-state index is 12.1. The van der Waals surface area contributed by atoms with E-state index in [-0.39, 0.29) is 11.6 Å². The number of carboxylic acids is 1. The van der Waals surface area contributed by atoms with Crippen LogP contribution in [0.2, 0.25) is 0 Å². The SMILES string of the molecule is O=C1NCCOc2ccc(-c3ccn4c(C(=O)O)cnc4c3)cc21. The Morgan fingerprint density at radius 3 is 2.92 bits per heavy atom. The number of rotatable bonds is 2. The zero-order chi connectivity index (χ0) is 16.7. The van der Waals surface area contributed by atoms with Crippen molar-refractivity contribution in [2.24, 2.45) is 0 Å². The van der Waals surface area contributed by atoms with Gasteiger partial charge < -0.3 is 15.2 Å². The molecule has 1 aliphatic heterocycles. The molecule has 0 saturated heterocycles. The maximum Gasteiger partial charge on any atom is 0.354 e. The molecule has 7 nitrogen and oxygen atoms in total. The van der Waals surface area contributed by atoms with Crippen molar-refractivity contribution in [2.75, 3.05) is 13.2 Å². The number of benzene rings is 1. The van der Waals surface area contributed by atoms with Crippen LogP contribution >= 0.6 is 0 Å². The van der Waals surface area contributed by atoms with Gasteiger partial charge >= 0.3 is 5.97 Å². The van der Waals surface area contributed by atoms with E-state index in [2.05, 4.69) is 10.3 Å². The third-order valence-electron chi connectivity index (χ3n) is 3.94. The van der Waals surface area contributed by atoms with Crippen molar-refractivity contribution in [3.8, 4) is 16.9 Å². The molecule has 0 bridgehead atoms. The highest BCUT2D eigenvalue weighted by molar-refractivity contribution is 5.98. The molecule has 24 heavy (non-hydrogen) atoms. The Kier molecular flexibility index (Phi) is 3.19. The number of ether oxygens (including phenoxy) is 1. The van der Waals surface area contributed by atoms with Gasteiger partial charge in [0.1, 0.15) is 18.0 Å². The van der Waals surface area contributed by atoms with E-state index < -0.39 is 5.97 Å². The Balaban J connectivity index is 1.80. The van der Waals surface area contributed by atoms with E-state index in [1.807, 2.05) is 6.07 Å². The molecule has 0 spiro atoms. The molecule has 0 atom stereocenters. The molecule has 2 N–H and O–H groups in total. The van der Waals surface area contributed by atoms with Crippen LogP contribution in [0.5, 0.6) is 5.75 Å². The fourth-order valence-electron chi connectivity index (χ4n) is 2.75. The number of amides is 1. The molecule has 2 aromatic heterocycles. The van der Waals surface area contributed by atoms with Crippen LogP contribution in [-0.4, -0.2) is 39.5 Å². The molecule has 7 heteroatoms. The van der Waals surface area contributed by atoms with Gasteiger partial charge in [-0.25, -0.2) is 9.78 Å². The minimum atomic E-state index is -1.03. The van der Waals surface area contributed by atoms with E-state index in [0.717, 1.165) is 11.1 Å². The number of aromatic nitrogens is 2. The fraction of sp³-hybridized carbons (Fsp3) is 0.118. The number of aromatic carboxylic acids is 1. The third-order valence-corrected chi connectivity index (χ3v) is 3.94. The molecule has 120 valence electrons. The highest BCUT2D eigenvalue weighted by Crippen LogP contribution is 2.28. The lowest BCUT2D eigenvalue weighted by molar-refractivity contribution is 0.0689. The topological polar surface area (TPSA) is 92.9 Å². The number of carboxylic acid groups (broad SMARTS) is 1. The van der Waals surface area contributed by atoms with Gasteiger partial charge in [-0.1, -0.05) is 6.07 Å². The molecule has 0 unspecified atom stereocenters. The van der Waals surface area contributed by atoms with Crippen LogP contribution in [0.1, 0.15) is 20.8 Å². The van der Waals surface area contributed by atoms with E-state index in [1.165, 1.54) is 10.6 Å². The van der Waals surface area contributed by atoms with Crippen molar-refractivity contribution >= 4 is 17.5 Å². The van der Waals surface area contributed by atoms with E-state index >= 15 is 0 Å². The summed E-state index contributed by atoms with van der Waals surface area (Å²) in [5.41, 5.74) is 2.79. The molecule has 0 fully saturated rings. The van der Waals surface area contributed by atoms with Gasteiger partial charge in [-0.05, 0) is 35.4 Å². The normalized spacial score (nSPS) is 13.8. The van der Waals surface area contributed by atoms with Crippen molar-refractivity contribution in [1.82, 2.24) is 14.7 Å². The van der Waals surface area contributed by atoms with Crippen LogP contribution < -0.4 is 10.1 Å². The number of carbonyl (C=O) groups excluding carboxylic acids is 1. The average Bonchev–Trinajstić information content (AvgIpc) is 2.93. The van der Waals surface area contributed by atoms with E-state index in [9.17, 15) is 9.59 Å².